The number of ether oxygens (including phenoxy) is 1. The molecule has 1 aromatic heterocycles. The Labute approximate surface area is 151 Å². The Bertz CT molecular complexity index is 637. The first-order chi connectivity index (χ1) is 11.4. The predicted octanol–water partition coefficient (Wildman–Crippen LogP) is 4.27. The van der Waals surface area contributed by atoms with E-state index in [1.54, 1.807) is 0 Å². The maximum Gasteiger partial charge on any atom is 0.337 e. The molecule has 0 aromatic carbocycles. The van der Waals surface area contributed by atoms with Crippen molar-refractivity contribution in [2.75, 3.05) is 18.0 Å². The van der Waals surface area contributed by atoms with Crippen LogP contribution in [0.25, 0.3) is 0 Å². The molecule has 1 aromatic rings. The van der Waals surface area contributed by atoms with E-state index in [1.165, 1.54) is 0 Å². The largest absolute Gasteiger partial charge is 0.479 e. The van der Waals surface area contributed by atoms with E-state index in [9.17, 15) is 9.90 Å². The maximum atomic E-state index is 12.0. The molecule has 5 heteroatoms. The SMILES string of the molecule is Cc1cc(N2CCC(C)(C)CC2)c(C(OC(C)(C)C)C(=O)O)c(C)n1. The number of piperidine rings is 1. The van der Waals surface area contributed by atoms with Crippen molar-refractivity contribution in [3.63, 3.8) is 0 Å². The summed E-state index contributed by atoms with van der Waals surface area (Å²) in [5.41, 5.74) is 3.06. The Balaban J connectivity index is 2.48. The number of carboxylic acids is 1. The van der Waals surface area contributed by atoms with Crippen molar-refractivity contribution in [1.29, 1.82) is 0 Å². The van der Waals surface area contributed by atoms with Gasteiger partial charge in [0.1, 0.15) is 0 Å². The van der Waals surface area contributed by atoms with Crippen LogP contribution in [0.4, 0.5) is 5.69 Å². The van der Waals surface area contributed by atoms with Crippen molar-refractivity contribution >= 4 is 11.7 Å². The molecule has 0 saturated carbocycles. The number of carboxylic acid groups (broad SMARTS) is 1. The van der Waals surface area contributed by atoms with Crippen LogP contribution in [0.1, 0.15) is 70.5 Å². The number of anilines is 1. The first kappa shape index (κ1) is 19.7. The van der Waals surface area contributed by atoms with Gasteiger partial charge in [0.25, 0.3) is 0 Å². The molecule has 2 heterocycles. The summed E-state index contributed by atoms with van der Waals surface area (Å²) < 4.78 is 5.91. The van der Waals surface area contributed by atoms with Gasteiger partial charge in [-0.05, 0) is 58.9 Å². The number of aryl methyl sites for hydroxylation is 2. The molecule has 1 unspecified atom stereocenters. The number of pyridine rings is 1. The molecule has 25 heavy (non-hydrogen) atoms. The van der Waals surface area contributed by atoms with Gasteiger partial charge in [-0.2, -0.15) is 0 Å². The minimum atomic E-state index is -1.02. The third-order valence-electron chi connectivity index (χ3n) is 4.77. The van der Waals surface area contributed by atoms with Crippen LogP contribution in [-0.2, 0) is 9.53 Å². The lowest BCUT2D eigenvalue weighted by atomic mass is 9.82. The van der Waals surface area contributed by atoms with E-state index in [0.717, 1.165) is 43.0 Å². The van der Waals surface area contributed by atoms with E-state index in [0.29, 0.717) is 11.0 Å². The fraction of sp³-hybridized carbons (Fsp3) is 0.700. The van der Waals surface area contributed by atoms with Gasteiger partial charge >= 0.3 is 5.97 Å². The molecule has 0 amide bonds. The summed E-state index contributed by atoms with van der Waals surface area (Å²) in [5, 5.41) is 9.82. The summed E-state index contributed by atoms with van der Waals surface area (Å²) in [7, 11) is 0. The van der Waals surface area contributed by atoms with E-state index in [1.807, 2.05) is 40.7 Å². The van der Waals surface area contributed by atoms with Gasteiger partial charge in [-0.3, -0.25) is 4.98 Å². The smallest absolute Gasteiger partial charge is 0.337 e. The summed E-state index contributed by atoms with van der Waals surface area (Å²) in [6, 6.07) is 2.00. The Kier molecular flexibility index (Phi) is 5.47. The van der Waals surface area contributed by atoms with Gasteiger partial charge in [0.2, 0.25) is 0 Å². The Morgan fingerprint density at radius 2 is 1.84 bits per heavy atom. The molecule has 1 fully saturated rings. The number of rotatable bonds is 4. The fourth-order valence-electron chi connectivity index (χ4n) is 3.34. The van der Waals surface area contributed by atoms with Crippen LogP contribution in [0, 0.1) is 19.3 Å². The van der Waals surface area contributed by atoms with Gasteiger partial charge in [-0.1, -0.05) is 13.8 Å². The third kappa shape index (κ3) is 4.94. The van der Waals surface area contributed by atoms with Crippen LogP contribution in [-0.4, -0.2) is 34.8 Å². The van der Waals surface area contributed by atoms with Crippen molar-refractivity contribution in [2.24, 2.45) is 5.41 Å². The molecule has 1 saturated heterocycles. The molecule has 2 rings (SSSR count). The van der Waals surface area contributed by atoms with Crippen LogP contribution in [0.3, 0.4) is 0 Å². The average molecular weight is 348 g/mol. The Hall–Kier alpha value is -1.62. The van der Waals surface area contributed by atoms with Crippen LogP contribution in [0.5, 0.6) is 0 Å². The second kappa shape index (κ2) is 6.94. The van der Waals surface area contributed by atoms with Gasteiger partial charge in [0, 0.05) is 35.7 Å². The van der Waals surface area contributed by atoms with Crippen molar-refractivity contribution in [2.45, 2.75) is 73.0 Å². The highest BCUT2D eigenvalue weighted by Crippen LogP contribution is 2.38. The number of hydrogen-bond donors (Lipinski definition) is 1. The van der Waals surface area contributed by atoms with Crippen LogP contribution in [0.2, 0.25) is 0 Å². The molecular formula is C20H32N2O3. The molecule has 1 atom stereocenters. The van der Waals surface area contributed by atoms with Crippen LogP contribution in [0.15, 0.2) is 6.07 Å². The Morgan fingerprint density at radius 3 is 2.32 bits per heavy atom. The highest BCUT2D eigenvalue weighted by Gasteiger charge is 2.34. The highest BCUT2D eigenvalue weighted by atomic mass is 16.5. The second-order valence-corrected chi connectivity index (χ2v) is 8.88. The summed E-state index contributed by atoms with van der Waals surface area (Å²) in [4.78, 5) is 18.8. The van der Waals surface area contributed by atoms with Crippen LogP contribution >= 0.6 is 0 Å². The summed E-state index contributed by atoms with van der Waals surface area (Å²) in [6.07, 6.45) is 1.16. The summed E-state index contributed by atoms with van der Waals surface area (Å²) in [6.45, 7) is 15.9. The van der Waals surface area contributed by atoms with Crippen molar-refractivity contribution in [1.82, 2.24) is 4.98 Å². The zero-order valence-corrected chi connectivity index (χ0v) is 16.6. The molecule has 140 valence electrons. The lowest BCUT2D eigenvalue weighted by molar-refractivity contribution is -0.160. The van der Waals surface area contributed by atoms with Crippen molar-refractivity contribution in [3.05, 3.63) is 23.0 Å². The summed E-state index contributed by atoms with van der Waals surface area (Å²) >= 11 is 0. The number of hydrogen-bond acceptors (Lipinski definition) is 4. The molecule has 0 radical (unpaired) electrons. The minimum Gasteiger partial charge on any atom is -0.479 e. The molecule has 5 nitrogen and oxygen atoms in total. The molecular weight excluding hydrogens is 316 g/mol. The first-order valence-corrected chi connectivity index (χ1v) is 9.03. The molecule has 1 aliphatic rings. The van der Waals surface area contributed by atoms with Gasteiger partial charge in [0.05, 0.1) is 5.60 Å². The first-order valence-electron chi connectivity index (χ1n) is 9.03. The zero-order valence-electron chi connectivity index (χ0n) is 16.6. The third-order valence-corrected chi connectivity index (χ3v) is 4.77. The van der Waals surface area contributed by atoms with E-state index in [-0.39, 0.29) is 0 Å². The van der Waals surface area contributed by atoms with E-state index < -0.39 is 17.7 Å². The summed E-state index contributed by atoms with van der Waals surface area (Å²) in [5.74, 6) is -0.970. The topological polar surface area (TPSA) is 62.7 Å². The molecule has 0 spiro atoms. The zero-order chi connectivity index (χ0) is 19.0. The second-order valence-electron chi connectivity index (χ2n) is 8.88. The van der Waals surface area contributed by atoms with Gasteiger partial charge in [0.15, 0.2) is 6.10 Å². The molecule has 0 bridgehead atoms. The lowest BCUT2D eigenvalue weighted by Gasteiger charge is -2.40. The van der Waals surface area contributed by atoms with Gasteiger partial charge < -0.3 is 14.7 Å². The van der Waals surface area contributed by atoms with Crippen LogP contribution < -0.4 is 4.90 Å². The predicted molar refractivity (Wildman–Crippen MR) is 100 cm³/mol. The normalized spacial score (nSPS) is 18.9. The van der Waals surface area contributed by atoms with Crippen molar-refractivity contribution < 1.29 is 14.6 Å². The van der Waals surface area contributed by atoms with Gasteiger partial charge in [-0.15, -0.1) is 0 Å². The lowest BCUT2D eigenvalue weighted by Crippen LogP contribution is -2.39. The highest BCUT2D eigenvalue weighted by molar-refractivity contribution is 5.78. The number of nitrogens with zero attached hydrogens (tertiary/aromatic N) is 2. The average Bonchev–Trinajstić information content (AvgIpc) is 2.43. The van der Waals surface area contributed by atoms with Crippen molar-refractivity contribution in [3.8, 4) is 0 Å². The minimum absolute atomic E-state index is 0.335. The number of aliphatic carboxylic acids is 1. The van der Waals surface area contributed by atoms with Gasteiger partial charge in [-0.25, -0.2) is 4.79 Å². The number of aromatic nitrogens is 1. The molecule has 0 aliphatic carbocycles. The standard InChI is InChI=1S/C20H32N2O3/c1-13-12-15(22-10-8-20(6,7)9-11-22)16(14(2)21-13)17(18(23)24)25-19(3,4)5/h12,17H,8-11H2,1-7H3,(H,23,24). The molecule has 1 aliphatic heterocycles. The Morgan fingerprint density at radius 1 is 1.28 bits per heavy atom. The number of carbonyl (C=O) groups is 1. The van der Waals surface area contributed by atoms with E-state index >= 15 is 0 Å². The van der Waals surface area contributed by atoms with E-state index in [4.69, 9.17) is 4.74 Å². The quantitative estimate of drug-likeness (QED) is 0.880. The maximum absolute atomic E-state index is 12.0. The molecule has 1 N–H and O–H groups in total. The monoisotopic (exact) mass is 348 g/mol. The van der Waals surface area contributed by atoms with E-state index in [2.05, 4.69) is 23.7 Å². The fourth-order valence-corrected chi connectivity index (χ4v) is 3.34.